The summed E-state index contributed by atoms with van der Waals surface area (Å²) in [5.74, 6) is -0.332. The summed E-state index contributed by atoms with van der Waals surface area (Å²) >= 11 is 1.63. The van der Waals surface area contributed by atoms with E-state index in [2.05, 4.69) is 27.8 Å². The van der Waals surface area contributed by atoms with E-state index >= 15 is 0 Å². The molecule has 0 aliphatic carbocycles. The fraction of sp³-hybridized carbons (Fsp3) is 0.0952. The van der Waals surface area contributed by atoms with Crippen molar-refractivity contribution in [2.45, 2.75) is 13.0 Å². The van der Waals surface area contributed by atoms with Crippen LogP contribution < -0.4 is 11.1 Å². The first-order chi connectivity index (χ1) is 13.7. The van der Waals surface area contributed by atoms with Crippen LogP contribution in [0.3, 0.4) is 0 Å². The first-order valence-corrected chi connectivity index (χ1v) is 9.76. The highest BCUT2D eigenvalue weighted by molar-refractivity contribution is 7.13. The van der Waals surface area contributed by atoms with Crippen molar-refractivity contribution < 1.29 is 4.79 Å². The summed E-state index contributed by atoms with van der Waals surface area (Å²) in [5, 5.41) is 12.9. The molecule has 4 rings (SSSR count). The Labute approximate surface area is 166 Å². The summed E-state index contributed by atoms with van der Waals surface area (Å²) in [6.07, 6.45) is 2.47. The van der Waals surface area contributed by atoms with Crippen molar-refractivity contribution in [1.29, 1.82) is 0 Å². The number of aromatic nitrogens is 3. The van der Waals surface area contributed by atoms with E-state index in [1.54, 1.807) is 28.3 Å². The maximum absolute atomic E-state index is 12.6. The Morgan fingerprint density at radius 2 is 1.96 bits per heavy atom. The van der Waals surface area contributed by atoms with E-state index in [9.17, 15) is 4.79 Å². The highest BCUT2D eigenvalue weighted by Gasteiger charge is 2.13. The Morgan fingerprint density at radius 3 is 2.75 bits per heavy atom. The first-order valence-electron chi connectivity index (χ1n) is 8.88. The third-order valence-corrected chi connectivity index (χ3v) is 5.27. The van der Waals surface area contributed by atoms with E-state index in [4.69, 9.17) is 5.73 Å². The molecule has 0 unspecified atom stereocenters. The molecule has 2 heterocycles. The minimum Gasteiger partial charge on any atom is -0.397 e. The van der Waals surface area contributed by atoms with Crippen LogP contribution in [0.4, 0.5) is 11.4 Å². The van der Waals surface area contributed by atoms with E-state index in [1.807, 2.05) is 47.8 Å². The van der Waals surface area contributed by atoms with Crippen molar-refractivity contribution in [3.8, 4) is 10.4 Å². The van der Waals surface area contributed by atoms with Crippen molar-refractivity contribution in [3.63, 3.8) is 0 Å². The first kappa shape index (κ1) is 17.9. The van der Waals surface area contributed by atoms with Gasteiger partial charge in [0.2, 0.25) is 0 Å². The quantitative estimate of drug-likeness (QED) is 0.487. The lowest BCUT2D eigenvalue weighted by Gasteiger charge is -2.08. The molecule has 3 N–H and O–H groups in total. The van der Waals surface area contributed by atoms with Crippen molar-refractivity contribution in [2.24, 2.45) is 0 Å². The smallest absolute Gasteiger partial charge is 0.277 e. The molecule has 1 amide bonds. The Bertz CT molecular complexity index is 1070. The Morgan fingerprint density at radius 1 is 1.11 bits per heavy atom. The zero-order chi connectivity index (χ0) is 19.3. The largest absolute Gasteiger partial charge is 0.397 e. The number of nitrogens with one attached hydrogen (secondary N) is 1. The lowest BCUT2D eigenvalue weighted by Crippen LogP contribution is -2.13. The second kappa shape index (κ2) is 8.06. The number of rotatable bonds is 6. The SMILES string of the molecule is Nc1ccc(-c2cccs2)cc1NC(=O)c1cn(CCc2ccccc2)nn1. The van der Waals surface area contributed by atoms with Gasteiger partial charge in [-0.1, -0.05) is 47.7 Å². The lowest BCUT2D eigenvalue weighted by molar-refractivity contribution is 0.102. The number of nitrogens with zero attached hydrogens (tertiary/aromatic N) is 3. The number of thiophene rings is 1. The number of hydrogen-bond acceptors (Lipinski definition) is 5. The molecule has 6 nitrogen and oxygen atoms in total. The van der Waals surface area contributed by atoms with Crippen LogP contribution in [0.2, 0.25) is 0 Å². The van der Waals surface area contributed by atoms with Gasteiger partial charge in [0.15, 0.2) is 5.69 Å². The fourth-order valence-corrected chi connectivity index (χ4v) is 3.57. The lowest BCUT2D eigenvalue weighted by atomic mass is 10.1. The molecular weight excluding hydrogens is 370 g/mol. The van der Waals surface area contributed by atoms with Gasteiger partial charge in [-0.3, -0.25) is 9.48 Å². The highest BCUT2D eigenvalue weighted by atomic mass is 32.1. The predicted molar refractivity (Wildman–Crippen MR) is 112 cm³/mol. The van der Waals surface area contributed by atoms with Crippen molar-refractivity contribution in [1.82, 2.24) is 15.0 Å². The molecule has 0 saturated carbocycles. The normalized spacial score (nSPS) is 10.7. The number of benzene rings is 2. The van der Waals surface area contributed by atoms with Crippen LogP contribution >= 0.6 is 11.3 Å². The molecule has 140 valence electrons. The van der Waals surface area contributed by atoms with Gasteiger partial charge in [-0.2, -0.15) is 0 Å². The van der Waals surface area contributed by atoms with E-state index in [0.29, 0.717) is 17.9 Å². The zero-order valence-electron chi connectivity index (χ0n) is 15.1. The van der Waals surface area contributed by atoms with Crippen LogP contribution in [0, 0.1) is 0 Å². The fourth-order valence-electron chi connectivity index (χ4n) is 2.85. The molecule has 2 aromatic heterocycles. The van der Waals surface area contributed by atoms with Gasteiger partial charge in [0, 0.05) is 11.4 Å². The highest BCUT2D eigenvalue weighted by Crippen LogP contribution is 2.30. The number of nitrogens with two attached hydrogens (primary N) is 1. The van der Waals surface area contributed by atoms with Gasteiger partial charge in [0.05, 0.1) is 17.6 Å². The van der Waals surface area contributed by atoms with E-state index in [1.165, 1.54) is 5.56 Å². The summed E-state index contributed by atoms with van der Waals surface area (Å²) in [4.78, 5) is 13.7. The summed E-state index contributed by atoms with van der Waals surface area (Å²) in [7, 11) is 0. The number of nitrogen functional groups attached to an aromatic ring is 1. The predicted octanol–water partition coefficient (Wildman–Crippen LogP) is 4.08. The summed E-state index contributed by atoms with van der Waals surface area (Å²) in [6.45, 7) is 0.653. The topological polar surface area (TPSA) is 85.8 Å². The molecule has 0 radical (unpaired) electrons. The molecule has 0 saturated heterocycles. The van der Waals surface area contributed by atoms with Crippen LogP contribution in [-0.4, -0.2) is 20.9 Å². The summed E-state index contributed by atoms with van der Waals surface area (Å²) < 4.78 is 1.67. The summed E-state index contributed by atoms with van der Waals surface area (Å²) in [6, 6.07) is 19.7. The molecule has 0 spiro atoms. The minimum absolute atomic E-state index is 0.258. The van der Waals surface area contributed by atoms with Gasteiger partial charge in [-0.15, -0.1) is 16.4 Å². The second-order valence-corrected chi connectivity index (χ2v) is 7.28. The number of anilines is 2. The van der Waals surface area contributed by atoms with E-state index in [0.717, 1.165) is 16.9 Å². The van der Waals surface area contributed by atoms with Gasteiger partial charge in [0.1, 0.15) is 0 Å². The Balaban J connectivity index is 1.44. The average molecular weight is 389 g/mol. The van der Waals surface area contributed by atoms with Crippen LogP contribution in [0.1, 0.15) is 16.1 Å². The molecular formula is C21H19N5OS. The van der Waals surface area contributed by atoms with Gasteiger partial charge in [-0.05, 0) is 41.1 Å². The van der Waals surface area contributed by atoms with E-state index < -0.39 is 0 Å². The Hall–Kier alpha value is -3.45. The third-order valence-electron chi connectivity index (χ3n) is 4.35. The van der Waals surface area contributed by atoms with Crippen LogP contribution in [0.15, 0.2) is 72.2 Å². The van der Waals surface area contributed by atoms with Crippen molar-refractivity contribution in [3.05, 3.63) is 83.5 Å². The summed E-state index contributed by atoms with van der Waals surface area (Å²) in [5.41, 5.74) is 9.58. The monoisotopic (exact) mass is 389 g/mol. The molecule has 0 fully saturated rings. The molecule has 0 atom stereocenters. The van der Waals surface area contributed by atoms with Crippen LogP contribution in [0.25, 0.3) is 10.4 Å². The molecule has 0 aliphatic heterocycles. The molecule has 7 heteroatoms. The van der Waals surface area contributed by atoms with Gasteiger partial charge in [-0.25, -0.2) is 0 Å². The van der Waals surface area contributed by atoms with Crippen molar-refractivity contribution in [2.75, 3.05) is 11.1 Å². The van der Waals surface area contributed by atoms with Gasteiger partial charge >= 0.3 is 0 Å². The van der Waals surface area contributed by atoms with Gasteiger partial charge in [0.25, 0.3) is 5.91 Å². The molecule has 4 aromatic rings. The molecule has 0 bridgehead atoms. The molecule has 28 heavy (non-hydrogen) atoms. The minimum atomic E-state index is -0.332. The zero-order valence-corrected chi connectivity index (χ0v) is 15.9. The van der Waals surface area contributed by atoms with Gasteiger partial charge < -0.3 is 11.1 Å². The van der Waals surface area contributed by atoms with Crippen LogP contribution in [0.5, 0.6) is 0 Å². The maximum Gasteiger partial charge on any atom is 0.277 e. The third kappa shape index (κ3) is 4.10. The number of aryl methyl sites for hydroxylation is 2. The standard InChI is InChI=1S/C21H19N5OS/c22-17-9-8-16(20-7-4-12-28-20)13-18(17)23-21(27)19-14-26(25-24-19)11-10-15-5-2-1-3-6-15/h1-9,12-14H,10-11,22H2,(H,23,27). The molecule has 0 aliphatic rings. The van der Waals surface area contributed by atoms with Crippen molar-refractivity contribution >= 4 is 28.6 Å². The molecule has 2 aromatic carbocycles. The van der Waals surface area contributed by atoms with Crippen LogP contribution in [-0.2, 0) is 13.0 Å². The number of carbonyl (C=O) groups is 1. The number of hydrogen-bond donors (Lipinski definition) is 2. The number of amides is 1. The average Bonchev–Trinajstić information content (AvgIpc) is 3.41. The Kier molecular flexibility index (Phi) is 5.16. The maximum atomic E-state index is 12.6. The van der Waals surface area contributed by atoms with E-state index in [-0.39, 0.29) is 11.6 Å². The second-order valence-electron chi connectivity index (χ2n) is 6.34. The number of carbonyl (C=O) groups excluding carboxylic acids is 1.